The van der Waals surface area contributed by atoms with Crippen LogP contribution in [0.3, 0.4) is 0 Å². The van der Waals surface area contributed by atoms with E-state index in [9.17, 15) is 8.42 Å². The van der Waals surface area contributed by atoms with Gasteiger partial charge in [0.05, 0.1) is 6.20 Å². The van der Waals surface area contributed by atoms with Crippen molar-refractivity contribution in [1.82, 2.24) is 19.3 Å². The minimum Gasteiger partial charge on any atom is -0.234 e. The van der Waals surface area contributed by atoms with Crippen LogP contribution in [0.2, 0.25) is 0 Å². The molecule has 4 rings (SSSR count). The number of aromatic nitrogens is 3. The lowest BCUT2D eigenvalue weighted by Crippen LogP contribution is -2.50. The molecule has 20 heavy (non-hydrogen) atoms. The third-order valence-electron chi connectivity index (χ3n) is 4.62. The van der Waals surface area contributed by atoms with Gasteiger partial charge in [-0.3, -0.25) is 0 Å². The molecule has 0 saturated heterocycles. The molecule has 7 heteroatoms. The molecule has 0 aromatic carbocycles. The molecular weight excluding hydrogens is 276 g/mol. The standard InChI is InChI=1S/C13H16N4O2S/c18-20(19,16-11-7-9-3-1-4-10(9)11)13-8-14-12-5-2-6-15-17(12)13/h2,5-6,8-11,16H,1,3-4,7H2. The van der Waals surface area contributed by atoms with Crippen molar-refractivity contribution in [2.24, 2.45) is 11.8 Å². The van der Waals surface area contributed by atoms with Gasteiger partial charge in [-0.2, -0.15) is 5.10 Å². The molecule has 2 heterocycles. The lowest BCUT2D eigenvalue weighted by atomic mass is 9.72. The van der Waals surface area contributed by atoms with Crippen molar-refractivity contribution in [3.05, 3.63) is 24.5 Å². The van der Waals surface area contributed by atoms with Crippen LogP contribution in [0, 0.1) is 11.8 Å². The number of hydrogen-bond donors (Lipinski definition) is 1. The fourth-order valence-electron chi connectivity index (χ4n) is 3.58. The Morgan fingerprint density at radius 1 is 1.35 bits per heavy atom. The smallest absolute Gasteiger partial charge is 0.234 e. The molecule has 0 amide bonds. The summed E-state index contributed by atoms with van der Waals surface area (Å²) in [6, 6.07) is 3.56. The molecule has 1 N–H and O–H groups in total. The third kappa shape index (κ3) is 1.76. The summed E-state index contributed by atoms with van der Waals surface area (Å²) in [4.78, 5) is 4.08. The van der Waals surface area contributed by atoms with E-state index < -0.39 is 10.0 Å². The Morgan fingerprint density at radius 2 is 2.25 bits per heavy atom. The van der Waals surface area contributed by atoms with Crippen LogP contribution in [0.5, 0.6) is 0 Å². The van der Waals surface area contributed by atoms with Crippen molar-refractivity contribution in [3.8, 4) is 0 Å². The highest BCUT2D eigenvalue weighted by Gasteiger charge is 2.45. The van der Waals surface area contributed by atoms with Gasteiger partial charge in [0, 0.05) is 12.2 Å². The average Bonchev–Trinajstić information content (AvgIpc) is 3.00. The van der Waals surface area contributed by atoms with Crippen LogP contribution in [0.1, 0.15) is 25.7 Å². The van der Waals surface area contributed by atoms with Crippen molar-refractivity contribution in [1.29, 1.82) is 0 Å². The van der Waals surface area contributed by atoms with Gasteiger partial charge in [0.2, 0.25) is 0 Å². The number of hydrogen-bond acceptors (Lipinski definition) is 4. The summed E-state index contributed by atoms with van der Waals surface area (Å²) in [5, 5.41) is 4.18. The van der Waals surface area contributed by atoms with Crippen molar-refractivity contribution in [2.45, 2.75) is 36.8 Å². The van der Waals surface area contributed by atoms with Crippen molar-refractivity contribution in [2.75, 3.05) is 0 Å². The van der Waals surface area contributed by atoms with Crippen molar-refractivity contribution >= 4 is 15.7 Å². The molecule has 2 aliphatic carbocycles. The second-order valence-electron chi connectivity index (χ2n) is 5.71. The zero-order chi connectivity index (χ0) is 13.7. The summed E-state index contributed by atoms with van der Waals surface area (Å²) in [6.07, 6.45) is 7.52. The second-order valence-corrected chi connectivity index (χ2v) is 7.37. The van der Waals surface area contributed by atoms with E-state index in [-0.39, 0.29) is 11.1 Å². The molecule has 0 aliphatic heterocycles. The monoisotopic (exact) mass is 292 g/mol. The van der Waals surface area contributed by atoms with Crippen molar-refractivity contribution < 1.29 is 8.42 Å². The molecule has 3 atom stereocenters. The Balaban J connectivity index is 1.63. The molecule has 6 nitrogen and oxygen atoms in total. The normalized spacial score (nSPS) is 29.3. The fourth-order valence-corrected chi connectivity index (χ4v) is 4.93. The molecule has 0 radical (unpaired) electrons. The van der Waals surface area contributed by atoms with Gasteiger partial charge in [-0.1, -0.05) is 12.8 Å². The third-order valence-corrected chi connectivity index (χ3v) is 6.06. The summed E-state index contributed by atoms with van der Waals surface area (Å²) in [7, 11) is -3.55. The first kappa shape index (κ1) is 12.3. The SMILES string of the molecule is O=S(=O)(NC1CC2CCCC21)c1cnc2cccnn12. The van der Waals surface area contributed by atoms with E-state index in [0.29, 0.717) is 11.6 Å². The number of sulfonamides is 1. The van der Waals surface area contributed by atoms with Gasteiger partial charge in [-0.05, 0) is 36.8 Å². The molecule has 0 bridgehead atoms. The number of rotatable bonds is 3. The van der Waals surface area contributed by atoms with Gasteiger partial charge in [-0.25, -0.2) is 22.6 Å². The summed E-state index contributed by atoms with van der Waals surface area (Å²) < 4.78 is 29.2. The molecule has 2 aromatic heterocycles. The molecule has 0 spiro atoms. The van der Waals surface area contributed by atoms with Crippen LogP contribution in [-0.2, 0) is 10.0 Å². The van der Waals surface area contributed by atoms with Crippen molar-refractivity contribution in [3.63, 3.8) is 0 Å². The van der Waals surface area contributed by atoms with Gasteiger partial charge in [0.1, 0.15) is 0 Å². The van der Waals surface area contributed by atoms with E-state index in [4.69, 9.17) is 0 Å². The zero-order valence-corrected chi connectivity index (χ0v) is 11.8. The number of imidazole rings is 1. The molecule has 2 fully saturated rings. The lowest BCUT2D eigenvalue weighted by Gasteiger charge is -2.40. The molecular formula is C13H16N4O2S. The van der Waals surface area contributed by atoms with E-state index in [1.807, 2.05) is 0 Å². The highest BCUT2D eigenvalue weighted by Crippen LogP contribution is 2.47. The number of nitrogens with zero attached hydrogens (tertiary/aromatic N) is 3. The summed E-state index contributed by atoms with van der Waals surface area (Å²) in [5.41, 5.74) is 0.542. The van der Waals surface area contributed by atoms with Gasteiger partial charge in [0.15, 0.2) is 10.7 Å². The first-order valence-corrected chi connectivity index (χ1v) is 8.44. The van der Waals surface area contributed by atoms with Gasteiger partial charge in [0.25, 0.3) is 10.0 Å². The van der Waals surface area contributed by atoms with E-state index in [2.05, 4.69) is 14.8 Å². The summed E-state index contributed by atoms with van der Waals surface area (Å²) >= 11 is 0. The fraction of sp³-hybridized carbons (Fsp3) is 0.538. The Morgan fingerprint density at radius 3 is 3.10 bits per heavy atom. The maximum absolute atomic E-state index is 12.5. The Kier molecular flexibility index (Phi) is 2.62. The Hall–Kier alpha value is -1.47. The van der Waals surface area contributed by atoms with Gasteiger partial charge >= 0.3 is 0 Å². The molecule has 2 aliphatic rings. The van der Waals surface area contributed by atoms with Crippen LogP contribution in [0.4, 0.5) is 0 Å². The van der Waals surface area contributed by atoms with E-state index >= 15 is 0 Å². The van der Waals surface area contributed by atoms with Crippen LogP contribution < -0.4 is 4.72 Å². The van der Waals surface area contributed by atoms with Gasteiger partial charge < -0.3 is 0 Å². The quantitative estimate of drug-likeness (QED) is 0.922. The molecule has 106 valence electrons. The zero-order valence-electron chi connectivity index (χ0n) is 10.9. The Bertz CT molecular complexity index is 755. The maximum Gasteiger partial charge on any atom is 0.260 e. The average molecular weight is 292 g/mol. The second kappa shape index (κ2) is 4.26. The van der Waals surface area contributed by atoms with Crippen LogP contribution in [0.15, 0.2) is 29.6 Å². The molecule has 2 aromatic rings. The van der Waals surface area contributed by atoms with E-state index in [0.717, 1.165) is 18.8 Å². The highest BCUT2D eigenvalue weighted by atomic mass is 32.2. The van der Waals surface area contributed by atoms with E-state index in [1.54, 1.807) is 18.3 Å². The first-order chi connectivity index (χ1) is 9.65. The predicted molar refractivity (Wildman–Crippen MR) is 72.5 cm³/mol. The van der Waals surface area contributed by atoms with Crippen LogP contribution in [0.25, 0.3) is 5.65 Å². The topological polar surface area (TPSA) is 76.4 Å². The van der Waals surface area contributed by atoms with Crippen LogP contribution in [-0.4, -0.2) is 29.1 Å². The number of fused-ring (bicyclic) bond motifs is 2. The number of nitrogens with one attached hydrogen (secondary N) is 1. The summed E-state index contributed by atoms with van der Waals surface area (Å²) in [5.74, 6) is 1.25. The minimum atomic E-state index is -3.55. The minimum absolute atomic E-state index is 0.0850. The Labute approximate surface area is 117 Å². The summed E-state index contributed by atoms with van der Waals surface area (Å²) in [6.45, 7) is 0. The van der Waals surface area contributed by atoms with Crippen LogP contribution >= 0.6 is 0 Å². The largest absolute Gasteiger partial charge is 0.260 e. The highest BCUT2D eigenvalue weighted by molar-refractivity contribution is 7.89. The van der Waals surface area contributed by atoms with E-state index in [1.165, 1.54) is 23.6 Å². The predicted octanol–water partition coefficient (Wildman–Crippen LogP) is 1.20. The first-order valence-electron chi connectivity index (χ1n) is 6.96. The lowest BCUT2D eigenvalue weighted by molar-refractivity contribution is 0.158. The van der Waals surface area contributed by atoms with Gasteiger partial charge in [-0.15, -0.1) is 0 Å². The molecule has 3 unspecified atom stereocenters. The molecule has 2 saturated carbocycles. The maximum atomic E-state index is 12.5.